The Hall–Kier alpha value is -1.71. The van der Waals surface area contributed by atoms with Crippen LogP contribution in [0.25, 0.3) is 0 Å². The fourth-order valence-corrected chi connectivity index (χ4v) is 3.33. The summed E-state index contributed by atoms with van der Waals surface area (Å²) in [5.74, 6) is -0.182. The van der Waals surface area contributed by atoms with E-state index in [-0.39, 0.29) is 17.7 Å². The molecule has 0 aliphatic rings. The zero-order valence-electron chi connectivity index (χ0n) is 12.2. The minimum atomic E-state index is -0.593. The Labute approximate surface area is 132 Å². The quantitative estimate of drug-likeness (QED) is 0.939. The van der Waals surface area contributed by atoms with Gasteiger partial charge in [0.05, 0.1) is 23.2 Å². The van der Waals surface area contributed by atoms with Crippen LogP contribution in [-0.4, -0.2) is 10.9 Å². The fourth-order valence-electron chi connectivity index (χ4n) is 1.74. The summed E-state index contributed by atoms with van der Waals surface area (Å²) in [6, 6.07) is 3.36. The number of hydrogen-bond donors (Lipinski definition) is 1. The molecule has 2 aromatic heterocycles. The van der Waals surface area contributed by atoms with Gasteiger partial charge in [-0.15, -0.1) is 11.3 Å². The van der Waals surface area contributed by atoms with Crippen LogP contribution in [0.15, 0.2) is 22.2 Å². The normalized spacial score (nSPS) is 12.7. The van der Waals surface area contributed by atoms with Gasteiger partial charge in [0.15, 0.2) is 0 Å². The molecule has 0 saturated heterocycles. The molecule has 2 aromatic rings. The van der Waals surface area contributed by atoms with E-state index in [0.717, 1.165) is 16.3 Å². The van der Waals surface area contributed by atoms with Crippen molar-refractivity contribution in [1.29, 1.82) is 5.26 Å². The number of aromatic nitrogens is 1. The Kier molecular flexibility index (Phi) is 4.76. The lowest BCUT2D eigenvalue weighted by molar-refractivity contribution is -0.120. The molecule has 0 saturated carbocycles. The van der Waals surface area contributed by atoms with E-state index in [1.807, 2.05) is 22.2 Å². The van der Waals surface area contributed by atoms with Gasteiger partial charge in [0.1, 0.15) is 6.04 Å². The largest absolute Gasteiger partial charge is 0.336 e. The highest BCUT2D eigenvalue weighted by molar-refractivity contribution is 7.09. The lowest BCUT2D eigenvalue weighted by atomic mass is 9.98. The number of hydrogen-bond acceptors (Lipinski definition) is 5. The maximum Gasteiger partial charge on any atom is 0.227 e. The Balaban J connectivity index is 1.99. The SMILES string of the molecule is CC(C)(C)c1nc(CC(=O)N[C@@H](C#N)c2ccsc2)cs1. The van der Waals surface area contributed by atoms with Gasteiger partial charge in [0.25, 0.3) is 0 Å². The summed E-state index contributed by atoms with van der Waals surface area (Å²) < 4.78 is 0. The average Bonchev–Trinajstić information content (AvgIpc) is 3.05. The zero-order chi connectivity index (χ0) is 15.5. The minimum absolute atomic E-state index is 0.00867. The van der Waals surface area contributed by atoms with E-state index in [9.17, 15) is 4.79 Å². The molecule has 6 heteroatoms. The van der Waals surface area contributed by atoms with E-state index in [4.69, 9.17) is 5.26 Å². The molecule has 0 aromatic carbocycles. The first-order valence-corrected chi connectivity index (χ1v) is 8.38. The van der Waals surface area contributed by atoms with Gasteiger partial charge in [-0.25, -0.2) is 4.98 Å². The molecule has 0 unspecified atom stereocenters. The fraction of sp³-hybridized carbons (Fsp3) is 0.400. The van der Waals surface area contributed by atoms with Crippen molar-refractivity contribution in [3.8, 4) is 6.07 Å². The number of nitrogens with one attached hydrogen (secondary N) is 1. The smallest absolute Gasteiger partial charge is 0.227 e. The molecule has 0 aliphatic heterocycles. The van der Waals surface area contributed by atoms with Crippen LogP contribution in [0.1, 0.15) is 43.1 Å². The van der Waals surface area contributed by atoms with Gasteiger partial charge in [-0.05, 0) is 22.4 Å². The molecule has 2 rings (SSSR count). The number of carbonyl (C=O) groups is 1. The van der Waals surface area contributed by atoms with E-state index >= 15 is 0 Å². The van der Waals surface area contributed by atoms with Gasteiger partial charge in [-0.1, -0.05) is 20.8 Å². The van der Waals surface area contributed by atoms with Crippen molar-refractivity contribution in [1.82, 2.24) is 10.3 Å². The monoisotopic (exact) mass is 319 g/mol. The standard InChI is InChI=1S/C15H17N3OS2/c1-15(2,3)14-17-11(9-21-14)6-13(19)18-12(7-16)10-4-5-20-8-10/h4-5,8-9,12H,6H2,1-3H3,(H,18,19)/t12-/m0/s1. The molecule has 21 heavy (non-hydrogen) atoms. The Morgan fingerprint density at radius 3 is 2.76 bits per heavy atom. The second-order valence-corrected chi connectivity index (χ2v) is 7.40. The van der Waals surface area contributed by atoms with Crippen molar-refractivity contribution in [3.63, 3.8) is 0 Å². The predicted octanol–water partition coefficient (Wildman–Crippen LogP) is 3.43. The summed E-state index contributed by atoms with van der Waals surface area (Å²) in [4.78, 5) is 16.5. The Morgan fingerprint density at radius 1 is 1.48 bits per heavy atom. The number of amides is 1. The van der Waals surface area contributed by atoms with E-state index < -0.39 is 6.04 Å². The molecule has 1 amide bonds. The molecular formula is C15H17N3OS2. The van der Waals surface area contributed by atoms with Crippen LogP contribution >= 0.6 is 22.7 Å². The van der Waals surface area contributed by atoms with Gasteiger partial charge in [0.2, 0.25) is 5.91 Å². The van der Waals surface area contributed by atoms with Crippen LogP contribution in [0.2, 0.25) is 0 Å². The van der Waals surface area contributed by atoms with E-state index in [1.54, 1.807) is 11.3 Å². The molecule has 0 radical (unpaired) electrons. The maximum atomic E-state index is 12.0. The molecule has 4 nitrogen and oxygen atoms in total. The number of nitrogens with zero attached hydrogens (tertiary/aromatic N) is 2. The van der Waals surface area contributed by atoms with Gasteiger partial charge in [-0.3, -0.25) is 4.79 Å². The molecule has 0 bridgehead atoms. The van der Waals surface area contributed by atoms with E-state index in [2.05, 4.69) is 37.1 Å². The molecule has 0 fully saturated rings. The van der Waals surface area contributed by atoms with E-state index in [1.165, 1.54) is 11.3 Å². The van der Waals surface area contributed by atoms with Crippen LogP contribution in [-0.2, 0) is 16.6 Å². The van der Waals surface area contributed by atoms with Gasteiger partial charge in [0, 0.05) is 10.8 Å². The molecule has 110 valence electrons. The first-order valence-electron chi connectivity index (χ1n) is 6.56. The van der Waals surface area contributed by atoms with Crippen LogP contribution < -0.4 is 5.32 Å². The third-order valence-corrected chi connectivity index (χ3v) is 4.86. The second-order valence-electron chi connectivity index (χ2n) is 5.76. The number of thiazole rings is 1. The van der Waals surface area contributed by atoms with Crippen molar-refractivity contribution >= 4 is 28.6 Å². The summed E-state index contributed by atoms with van der Waals surface area (Å²) in [5, 5.41) is 18.6. The number of carbonyl (C=O) groups excluding carboxylic acids is 1. The van der Waals surface area contributed by atoms with Gasteiger partial charge >= 0.3 is 0 Å². The zero-order valence-corrected chi connectivity index (χ0v) is 13.8. The van der Waals surface area contributed by atoms with Crippen LogP contribution in [0, 0.1) is 11.3 Å². The van der Waals surface area contributed by atoms with Gasteiger partial charge < -0.3 is 5.32 Å². The van der Waals surface area contributed by atoms with Crippen LogP contribution in [0.4, 0.5) is 0 Å². The van der Waals surface area contributed by atoms with Crippen LogP contribution in [0.3, 0.4) is 0 Å². The summed E-state index contributed by atoms with van der Waals surface area (Å²) >= 11 is 3.07. The summed E-state index contributed by atoms with van der Waals surface area (Å²) in [6.07, 6.45) is 0.203. The third kappa shape index (κ3) is 4.13. The Morgan fingerprint density at radius 2 is 2.24 bits per heavy atom. The van der Waals surface area contributed by atoms with Crippen molar-refractivity contribution in [2.45, 2.75) is 38.6 Å². The van der Waals surface area contributed by atoms with E-state index in [0.29, 0.717) is 0 Å². The maximum absolute atomic E-state index is 12.0. The summed E-state index contributed by atoms with van der Waals surface area (Å²) in [7, 11) is 0. The minimum Gasteiger partial charge on any atom is -0.336 e. The Bertz CT molecular complexity index is 647. The van der Waals surface area contributed by atoms with Crippen molar-refractivity contribution in [3.05, 3.63) is 38.5 Å². The predicted molar refractivity (Wildman–Crippen MR) is 85.3 cm³/mol. The highest BCUT2D eigenvalue weighted by Gasteiger charge is 2.20. The molecule has 1 N–H and O–H groups in total. The summed E-state index contributed by atoms with van der Waals surface area (Å²) in [5.41, 5.74) is 1.57. The number of nitriles is 1. The topological polar surface area (TPSA) is 65.8 Å². The average molecular weight is 319 g/mol. The number of thiophene rings is 1. The highest BCUT2D eigenvalue weighted by atomic mass is 32.1. The van der Waals surface area contributed by atoms with Gasteiger partial charge in [-0.2, -0.15) is 16.6 Å². The van der Waals surface area contributed by atoms with Crippen molar-refractivity contribution in [2.75, 3.05) is 0 Å². The van der Waals surface area contributed by atoms with Crippen molar-refractivity contribution < 1.29 is 4.79 Å². The molecule has 0 aliphatic carbocycles. The van der Waals surface area contributed by atoms with Crippen LogP contribution in [0.5, 0.6) is 0 Å². The second kappa shape index (κ2) is 6.37. The first kappa shape index (κ1) is 15.7. The third-order valence-electron chi connectivity index (χ3n) is 2.85. The molecule has 0 spiro atoms. The molecular weight excluding hydrogens is 302 g/mol. The number of rotatable bonds is 4. The lowest BCUT2D eigenvalue weighted by Crippen LogP contribution is -2.28. The highest BCUT2D eigenvalue weighted by Crippen LogP contribution is 2.25. The molecule has 1 atom stereocenters. The molecule has 2 heterocycles. The lowest BCUT2D eigenvalue weighted by Gasteiger charge is -2.13. The van der Waals surface area contributed by atoms with Crippen molar-refractivity contribution in [2.24, 2.45) is 0 Å². The summed E-state index contributed by atoms with van der Waals surface area (Å²) in [6.45, 7) is 6.29. The first-order chi connectivity index (χ1) is 9.90.